The number of aryl methyl sites for hydroxylation is 1. The number of halogens is 1. The lowest BCUT2D eigenvalue weighted by molar-refractivity contribution is 0.0860. The number of rotatable bonds is 4. The standard InChI is InChI=1S/C14H21ClN2O/c1-3-4-10-5-7-11(8-6-10)14(18)13-12(15)9-16-17(13)2/h9-11H,3-8H2,1-2H3. The van der Waals surface area contributed by atoms with Crippen LogP contribution in [-0.2, 0) is 7.05 Å². The average Bonchev–Trinajstić information content (AvgIpc) is 2.70. The van der Waals surface area contributed by atoms with Gasteiger partial charge in [0.2, 0.25) is 0 Å². The van der Waals surface area contributed by atoms with Crippen molar-refractivity contribution < 1.29 is 4.79 Å². The summed E-state index contributed by atoms with van der Waals surface area (Å²) in [5.74, 6) is 1.14. The summed E-state index contributed by atoms with van der Waals surface area (Å²) in [6.07, 6.45) is 8.47. The molecule has 1 aromatic heterocycles. The number of carbonyl (C=O) groups excluding carboxylic acids is 1. The van der Waals surface area contributed by atoms with Crippen LogP contribution in [0.25, 0.3) is 0 Å². The van der Waals surface area contributed by atoms with Crippen LogP contribution in [0.5, 0.6) is 0 Å². The van der Waals surface area contributed by atoms with Crippen molar-refractivity contribution in [3.8, 4) is 0 Å². The maximum absolute atomic E-state index is 12.4. The molecular weight excluding hydrogens is 248 g/mol. The highest BCUT2D eigenvalue weighted by atomic mass is 35.5. The van der Waals surface area contributed by atoms with E-state index in [0.717, 1.165) is 18.8 Å². The third kappa shape index (κ3) is 2.77. The van der Waals surface area contributed by atoms with Crippen LogP contribution in [0.3, 0.4) is 0 Å². The minimum atomic E-state index is 0.144. The molecule has 0 spiro atoms. The molecule has 2 rings (SSSR count). The molecule has 3 nitrogen and oxygen atoms in total. The summed E-state index contributed by atoms with van der Waals surface area (Å²) in [5, 5.41) is 4.52. The molecule has 0 aromatic carbocycles. The van der Waals surface area contributed by atoms with Gasteiger partial charge in [0.05, 0.1) is 11.2 Å². The number of aromatic nitrogens is 2. The first-order valence-electron chi connectivity index (χ1n) is 6.85. The van der Waals surface area contributed by atoms with E-state index in [-0.39, 0.29) is 11.7 Å². The zero-order valence-corrected chi connectivity index (χ0v) is 11.9. The van der Waals surface area contributed by atoms with Crippen molar-refractivity contribution in [2.24, 2.45) is 18.9 Å². The maximum Gasteiger partial charge on any atom is 0.185 e. The molecule has 1 aliphatic rings. The predicted octanol–water partition coefficient (Wildman–Crippen LogP) is 3.86. The highest BCUT2D eigenvalue weighted by molar-refractivity contribution is 6.33. The van der Waals surface area contributed by atoms with E-state index in [1.54, 1.807) is 17.9 Å². The Bertz CT molecular complexity index is 400. The van der Waals surface area contributed by atoms with E-state index in [9.17, 15) is 4.79 Å². The quantitative estimate of drug-likeness (QED) is 0.777. The Morgan fingerprint density at radius 3 is 2.61 bits per heavy atom. The molecule has 18 heavy (non-hydrogen) atoms. The first kappa shape index (κ1) is 13.6. The second kappa shape index (κ2) is 5.87. The SMILES string of the molecule is CCCC1CCC(C(=O)c2c(Cl)cnn2C)CC1. The minimum absolute atomic E-state index is 0.144. The number of carbonyl (C=O) groups is 1. The Labute approximate surface area is 114 Å². The molecule has 1 aromatic rings. The predicted molar refractivity (Wildman–Crippen MR) is 72.9 cm³/mol. The van der Waals surface area contributed by atoms with Gasteiger partial charge >= 0.3 is 0 Å². The second-order valence-corrected chi connectivity index (χ2v) is 5.74. The first-order chi connectivity index (χ1) is 8.63. The zero-order valence-electron chi connectivity index (χ0n) is 11.2. The average molecular weight is 269 g/mol. The fourth-order valence-electron chi connectivity index (χ4n) is 3.00. The van der Waals surface area contributed by atoms with E-state index in [4.69, 9.17) is 11.6 Å². The number of nitrogens with zero attached hydrogens (tertiary/aromatic N) is 2. The van der Waals surface area contributed by atoms with Gasteiger partial charge in [0.25, 0.3) is 0 Å². The Hall–Kier alpha value is -0.830. The third-order valence-electron chi connectivity index (χ3n) is 4.04. The van der Waals surface area contributed by atoms with Gasteiger partial charge in [-0.3, -0.25) is 9.48 Å². The molecule has 0 amide bonds. The van der Waals surface area contributed by atoms with Gasteiger partial charge < -0.3 is 0 Å². The van der Waals surface area contributed by atoms with Gasteiger partial charge in [0, 0.05) is 13.0 Å². The van der Waals surface area contributed by atoms with E-state index in [2.05, 4.69) is 12.0 Å². The normalized spacial score (nSPS) is 24.2. The number of hydrogen-bond acceptors (Lipinski definition) is 2. The van der Waals surface area contributed by atoms with E-state index in [1.807, 2.05) is 0 Å². The summed E-state index contributed by atoms with van der Waals surface area (Å²) < 4.78 is 1.60. The molecule has 1 heterocycles. The van der Waals surface area contributed by atoms with Crippen LogP contribution < -0.4 is 0 Å². The summed E-state index contributed by atoms with van der Waals surface area (Å²) >= 11 is 6.03. The lowest BCUT2D eigenvalue weighted by atomic mass is 9.78. The molecule has 0 aliphatic heterocycles. The van der Waals surface area contributed by atoms with Gasteiger partial charge in [0.15, 0.2) is 5.78 Å². The van der Waals surface area contributed by atoms with Crippen LogP contribution in [0.2, 0.25) is 5.02 Å². The van der Waals surface area contributed by atoms with Gasteiger partial charge in [-0.05, 0) is 31.6 Å². The van der Waals surface area contributed by atoms with E-state index < -0.39 is 0 Å². The van der Waals surface area contributed by atoms with Crippen LogP contribution in [0, 0.1) is 11.8 Å². The van der Waals surface area contributed by atoms with Gasteiger partial charge in [-0.25, -0.2) is 0 Å². The van der Waals surface area contributed by atoms with Crippen molar-refractivity contribution in [2.75, 3.05) is 0 Å². The van der Waals surface area contributed by atoms with Crippen LogP contribution >= 0.6 is 11.6 Å². The van der Waals surface area contributed by atoms with Crippen LogP contribution in [0.4, 0.5) is 0 Å². The summed E-state index contributed by atoms with van der Waals surface area (Å²) in [5.41, 5.74) is 0.579. The highest BCUT2D eigenvalue weighted by Crippen LogP contribution is 2.34. The Kier molecular flexibility index (Phi) is 4.44. The van der Waals surface area contributed by atoms with Crippen LogP contribution in [0.15, 0.2) is 6.20 Å². The molecule has 1 saturated carbocycles. The number of hydrogen-bond donors (Lipinski definition) is 0. The molecule has 100 valence electrons. The van der Waals surface area contributed by atoms with E-state index in [1.165, 1.54) is 25.7 Å². The fraction of sp³-hybridized carbons (Fsp3) is 0.714. The van der Waals surface area contributed by atoms with Crippen molar-refractivity contribution in [3.63, 3.8) is 0 Å². The van der Waals surface area contributed by atoms with Gasteiger partial charge in [-0.2, -0.15) is 5.10 Å². The minimum Gasteiger partial charge on any atom is -0.292 e. The number of ketones is 1. The third-order valence-corrected chi connectivity index (χ3v) is 4.32. The van der Waals surface area contributed by atoms with E-state index >= 15 is 0 Å². The van der Waals surface area contributed by atoms with Gasteiger partial charge in [-0.15, -0.1) is 0 Å². The van der Waals surface area contributed by atoms with Gasteiger partial charge in [-0.1, -0.05) is 31.4 Å². The lowest BCUT2D eigenvalue weighted by Crippen LogP contribution is -2.24. The van der Waals surface area contributed by atoms with Crippen molar-refractivity contribution in [1.82, 2.24) is 9.78 Å². The molecule has 0 atom stereocenters. The van der Waals surface area contributed by atoms with Crippen molar-refractivity contribution in [3.05, 3.63) is 16.9 Å². The summed E-state index contributed by atoms with van der Waals surface area (Å²) in [6.45, 7) is 2.23. The van der Waals surface area contributed by atoms with Crippen LogP contribution in [0.1, 0.15) is 55.9 Å². The molecule has 4 heteroatoms. The molecule has 0 radical (unpaired) electrons. The van der Waals surface area contributed by atoms with Gasteiger partial charge in [0.1, 0.15) is 5.69 Å². The number of Topliss-reactive ketones (excluding diaryl/α,β-unsaturated/α-hetero) is 1. The van der Waals surface area contributed by atoms with Crippen molar-refractivity contribution in [1.29, 1.82) is 0 Å². The molecular formula is C14H21ClN2O. The summed E-state index contributed by atoms with van der Waals surface area (Å²) in [4.78, 5) is 12.4. The maximum atomic E-state index is 12.4. The Morgan fingerprint density at radius 2 is 2.11 bits per heavy atom. The van der Waals surface area contributed by atoms with Crippen molar-refractivity contribution in [2.45, 2.75) is 45.4 Å². The fourth-order valence-corrected chi connectivity index (χ4v) is 3.26. The summed E-state index contributed by atoms with van der Waals surface area (Å²) in [6, 6.07) is 0. The summed E-state index contributed by atoms with van der Waals surface area (Å²) in [7, 11) is 1.78. The Morgan fingerprint density at radius 1 is 1.44 bits per heavy atom. The first-order valence-corrected chi connectivity index (χ1v) is 7.23. The Balaban J connectivity index is 2.00. The molecule has 0 bridgehead atoms. The molecule has 0 saturated heterocycles. The smallest absolute Gasteiger partial charge is 0.185 e. The lowest BCUT2D eigenvalue weighted by Gasteiger charge is -2.27. The molecule has 1 fully saturated rings. The highest BCUT2D eigenvalue weighted by Gasteiger charge is 2.29. The largest absolute Gasteiger partial charge is 0.292 e. The second-order valence-electron chi connectivity index (χ2n) is 5.34. The molecule has 1 aliphatic carbocycles. The van der Waals surface area contributed by atoms with E-state index in [0.29, 0.717) is 10.7 Å². The molecule has 0 N–H and O–H groups in total. The zero-order chi connectivity index (χ0) is 13.1. The van der Waals surface area contributed by atoms with Crippen LogP contribution in [-0.4, -0.2) is 15.6 Å². The topological polar surface area (TPSA) is 34.9 Å². The monoisotopic (exact) mass is 268 g/mol. The van der Waals surface area contributed by atoms with Crippen molar-refractivity contribution >= 4 is 17.4 Å². The molecule has 0 unspecified atom stereocenters.